The largest absolute Gasteiger partial charge is 0.496 e. The van der Waals surface area contributed by atoms with Gasteiger partial charge >= 0.3 is 5.63 Å². The quantitative estimate of drug-likeness (QED) is 0.275. The Bertz CT molecular complexity index is 1570. The fraction of sp³-hybridized carbons (Fsp3) is 0.231. The number of nitrogens with one attached hydrogen (secondary N) is 1. The third-order valence-corrected chi connectivity index (χ3v) is 6.92. The molecule has 0 saturated carbocycles. The average Bonchev–Trinajstić information content (AvgIpc) is 2.89. The molecule has 1 aliphatic heterocycles. The molecule has 0 unspecified atom stereocenters. The maximum absolute atomic E-state index is 14.6. The second-order valence-electron chi connectivity index (χ2n) is 8.34. The second kappa shape index (κ2) is 10.2. The molecule has 5 rings (SSSR count). The Kier molecular flexibility index (Phi) is 6.79. The first-order valence-corrected chi connectivity index (χ1v) is 12.6. The van der Waals surface area contributed by atoms with E-state index in [0.29, 0.717) is 29.9 Å². The number of hydrogen-bond acceptors (Lipinski definition) is 9. The summed E-state index contributed by atoms with van der Waals surface area (Å²) in [5.74, 6) is 0.389. The number of aromatic nitrogens is 2. The number of ether oxygens (including phenoxy) is 1. The minimum absolute atomic E-state index is 0.0415. The van der Waals surface area contributed by atoms with Gasteiger partial charge < -0.3 is 19.4 Å². The third-order valence-electron chi connectivity index (χ3n) is 5.98. The Balaban J connectivity index is 1.54. The molecular formula is C26H22F2N4O4S. The first kappa shape index (κ1) is 24.7. The van der Waals surface area contributed by atoms with Crippen LogP contribution >= 0.6 is 11.8 Å². The Morgan fingerprint density at radius 3 is 2.68 bits per heavy atom. The molecule has 190 valence electrons. The lowest BCUT2D eigenvalue weighted by Crippen LogP contribution is -2.35. The standard InChI is InChI=1S/C26H22F2N4O4S/c1-14(33)22-24(32-7-9-37-10-8-32)18-6-4-16(12-21(18)36-25(22)34)30-26-29-13-19(28)23(31-26)17-5-3-15(27)11-20(17)35-2/h3-6,11-13H,7-10H2,1-2H3,(H,29,30,31). The highest BCUT2D eigenvalue weighted by atomic mass is 32.2. The summed E-state index contributed by atoms with van der Waals surface area (Å²) in [6, 6.07) is 8.81. The van der Waals surface area contributed by atoms with Crippen molar-refractivity contribution >= 4 is 45.8 Å². The van der Waals surface area contributed by atoms with Crippen LogP contribution in [-0.2, 0) is 0 Å². The smallest absolute Gasteiger partial charge is 0.349 e. The van der Waals surface area contributed by atoms with Crippen LogP contribution in [0.2, 0.25) is 0 Å². The fourth-order valence-corrected chi connectivity index (χ4v) is 5.20. The Morgan fingerprint density at radius 2 is 1.95 bits per heavy atom. The van der Waals surface area contributed by atoms with Crippen molar-refractivity contribution in [1.29, 1.82) is 0 Å². The number of methoxy groups -OCH3 is 1. The number of Topliss-reactive ketones (excluding diaryl/α,β-unsaturated/α-hetero) is 1. The lowest BCUT2D eigenvalue weighted by atomic mass is 10.1. The highest BCUT2D eigenvalue weighted by Crippen LogP contribution is 2.34. The van der Waals surface area contributed by atoms with Gasteiger partial charge in [0.1, 0.15) is 28.4 Å². The van der Waals surface area contributed by atoms with Crippen molar-refractivity contribution in [3.8, 4) is 17.0 Å². The molecule has 1 fully saturated rings. The molecule has 3 heterocycles. The van der Waals surface area contributed by atoms with Gasteiger partial charge in [-0.05, 0) is 31.2 Å². The van der Waals surface area contributed by atoms with Crippen LogP contribution in [-0.4, -0.2) is 47.5 Å². The van der Waals surface area contributed by atoms with Crippen molar-refractivity contribution in [2.45, 2.75) is 6.92 Å². The number of carbonyl (C=O) groups excluding carboxylic acids is 1. The number of benzene rings is 2. The molecule has 0 atom stereocenters. The minimum atomic E-state index is -0.707. The first-order chi connectivity index (χ1) is 17.9. The van der Waals surface area contributed by atoms with Gasteiger partial charge in [-0.2, -0.15) is 11.8 Å². The van der Waals surface area contributed by atoms with Crippen molar-refractivity contribution in [1.82, 2.24) is 9.97 Å². The molecule has 4 aromatic rings. The van der Waals surface area contributed by atoms with Crippen LogP contribution in [0.5, 0.6) is 5.75 Å². The van der Waals surface area contributed by atoms with E-state index in [1.165, 1.54) is 26.2 Å². The van der Waals surface area contributed by atoms with Crippen LogP contribution in [0.1, 0.15) is 17.3 Å². The number of hydrogen-bond donors (Lipinski definition) is 1. The number of carbonyl (C=O) groups is 1. The molecule has 2 aromatic heterocycles. The van der Waals surface area contributed by atoms with Crippen LogP contribution in [0.4, 0.5) is 26.1 Å². The van der Waals surface area contributed by atoms with E-state index in [-0.39, 0.29) is 39.9 Å². The first-order valence-electron chi connectivity index (χ1n) is 11.4. The Morgan fingerprint density at radius 1 is 1.16 bits per heavy atom. The molecule has 8 nitrogen and oxygen atoms in total. The second-order valence-corrected chi connectivity index (χ2v) is 9.56. The van der Waals surface area contributed by atoms with Gasteiger partial charge in [0.05, 0.1) is 19.0 Å². The summed E-state index contributed by atoms with van der Waals surface area (Å²) >= 11 is 1.82. The van der Waals surface area contributed by atoms with E-state index < -0.39 is 17.3 Å². The number of anilines is 3. The van der Waals surface area contributed by atoms with Gasteiger partial charge in [0.2, 0.25) is 5.95 Å². The van der Waals surface area contributed by atoms with E-state index in [2.05, 4.69) is 15.3 Å². The van der Waals surface area contributed by atoms with E-state index in [1.807, 2.05) is 16.7 Å². The number of nitrogens with zero attached hydrogens (tertiary/aromatic N) is 3. The maximum Gasteiger partial charge on any atom is 0.349 e. The zero-order chi connectivity index (χ0) is 26.1. The summed E-state index contributed by atoms with van der Waals surface area (Å²) in [4.78, 5) is 35.4. The van der Waals surface area contributed by atoms with Crippen molar-refractivity contribution in [2.24, 2.45) is 0 Å². The molecule has 2 aromatic carbocycles. The number of ketones is 1. The predicted molar refractivity (Wildman–Crippen MR) is 139 cm³/mol. The lowest BCUT2D eigenvalue weighted by molar-refractivity contribution is 0.101. The normalized spacial score (nSPS) is 13.6. The van der Waals surface area contributed by atoms with Gasteiger partial charge in [0, 0.05) is 53.4 Å². The molecule has 0 bridgehead atoms. The van der Waals surface area contributed by atoms with Gasteiger partial charge in [0.25, 0.3) is 0 Å². The van der Waals surface area contributed by atoms with E-state index in [9.17, 15) is 18.4 Å². The monoisotopic (exact) mass is 524 g/mol. The molecule has 1 N–H and O–H groups in total. The SMILES string of the molecule is COc1cc(F)ccc1-c1nc(Nc2ccc3c(N4CCSCC4)c(C(C)=O)c(=O)oc3c2)ncc1F. The number of thioether (sulfide) groups is 1. The average molecular weight is 525 g/mol. The molecule has 0 radical (unpaired) electrons. The van der Waals surface area contributed by atoms with Crippen LogP contribution < -0.4 is 20.6 Å². The summed E-state index contributed by atoms with van der Waals surface area (Å²) in [6.45, 7) is 2.78. The Labute approximate surface area is 214 Å². The maximum atomic E-state index is 14.6. The molecule has 1 aliphatic rings. The number of rotatable bonds is 6. The predicted octanol–water partition coefficient (Wildman–Crippen LogP) is 5.04. The number of fused-ring (bicyclic) bond motifs is 1. The topological polar surface area (TPSA) is 97.6 Å². The molecule has 0 aliphatic carbocycles. The van der Waals surface area contributed by atoms with Gasteiger partial charge in [-0.3, -0.25) is 4.79 Å². The van der Waals surface area contributed by atoms with Crippen LogP contribution in [0.3, 0.4) is 0 Å². The van der Waals surface area contributed by atoms with Crippen LogP contribution in [0.15, 0.2) is 51.8 Å². The summed E-state index contributed by atoms with van der Waals surface area (Å²) in [5.41, 5.74) is 0.879. The molecule has 37 heavy (non-hydrogen) atoms. The molecule has 11 heteroatoms. The molecule has 0 amide bonds. The van der Waals surface area contributed by atoms with Gasteiger partial charge in [-0.15, -0.1) is 0 Å². The van der Waals surface area contributed by atoms with Crippen molar-refractivity contribution in [3.63, 3.8) is 0 Å². The van der Waals surface area contributed by atoms with E-state index in [1.54, 1.807) is 18.2 Å². The number of halogens is 2. The summed E-state index contributed by atoms with van der Waals surface area (Å²) in [5, 5.41) is 3.63. The van der Waals surface area contributed by atoms with E-state index >= 15 is 0 Å². The van der Waals surface area contributed by atoms with Gasteiger partial charge in [-0.1, -0.05) is 0 Å². The van der Waals surface area contributed by atoms with Crippen LogP contribution in [0.25, 0.3) is 22.2 Å². The molecule has 0 spiro atoms. The highest BCUT2D eigenvalue weighted by molar-refractivity contribution is 7.99. The van der Waals surface area contributed by atoms with Crippen molar-refractivity contribution in [2.75, 3.05) is 41.9 Å². The van der Waals surface area contributed by atoms with Crippen LogP contribution in [0, 0.1) is 11.6 Å². The van der Waals surface area contributed by atoms with Gasteiger partial charge in [-0.25, -0.2) is 23.5 Å². The van der Waals surface area contributed by atoms with Crippen molar-refractivity contribution in [3.05, 3.63) is 70.2 Å². The summed E-state index contributed by atoms with van der Waals surface area (Å²) < 4.78 is 38.9. The van der Waals surface area contributed by atoms with Gasteiger partial charge in [0.15, 0.2) is 11.6 Å². The summed E-state index contributed by atoms with van der Waals surface area (Å²) in [7, 11) is 1.36. The fourth-order valence-electron chi connectivity index (χ4n) is 4.29. The lowest BCUT2D eigenvalue weighted by Gasteiger charge is -2.30. The zero-order valence-corrected chi connectivity index (χ0v) is 20.8. The summed E-state index contributed by atoms with van der Waals surface area (Å²) in [6.07, 6.45) is 1.00. The zero-order valence-electron chi connectivity index (χ0n) is 20.0. The molecular weight excluding hydrogens is 502 g/mol. The third kappa shape index (κ3) is 4.86. The molecule has 1 saturated heterocycles. The minimum Gasteiger partial charge on any atom is -0.496 e. The van der Waals surface area contributed by atoms with Crippen molar-refractivity contribution < 1.29 is 22.7 Å². The Hall–Kier alpha value is -3.99. The van der Waals surface area contributed by atoms with E-state index in [0.717, 1.165) is 23.8 Å². The highest BCUT2D eigenvalue weighted by Gasteiger charge is 2.24. The van der Waals surface area contributed by atoms with E-state index in [4.69, 9.17) is 9.15 Å².